The Labute approximate surface area is 170 Å². The van der Waals surface area contributed by atoms with E-state index < -0.39 is 10.0 Å². The van der Waals surface area contributed by atoms with E-state index in [1.54, 1.807) is 41.6 Å². The lowest BCUT2D eigenvalue weighted by Gasteiger charge is -2.18. The van der Waals surface area contributed by atoms with Crippen molar-refractivity contribution in [3.63, 3.8) is 0 Å². The number of carbonyl (C=O) groups excluding carboxylic acids is 1. The van der Waals surface area contributed by atoms with Crippen LogP contribution in [0.5, 0.6) is 0 Å². The normalized spacial score (nSPS) is 13.3. The Morgan fingerprint density at radius 3 is 2.66 bits per heavy atom. The van der Waals surface area contributed by atoms with E-state index in [-0.39, 0.29) is 17.3 Å². The maximum atomic E-state index is 12.9. The molecule has 1 aliphatic rings. The summed E-state index contributed by atoms with van der Waals surface area (Å²) in [5.41, 5.74) is 4.12. The Hall–Kier alpha value is -3.03. The molecule has 0 atom stereocenters. The molecule has 0 spiro atoms. The van der Waals surface area contributed by atoms with Crippen LogP contribution in [-0.4, -0.2) is 25.9 Å². The van der Waals surface area contributed by atoms with Gasteiger partial charge in [-0.3, -0.25) is 9.78 Å². The monoisotopic (exact) mass is 407 g/mol. The maximum absolute atomic E-state index is 12.9. The molecule has 7 heteroatoms. The fourth-order valence-corrected chi connectivity index (χ4v) is 4.44. The van der Waals surface area contributed by atoms with Crippen LogP contribution in [0.1, 0.15) is 27.0 Å². The van der Waals surface area contributed by atoms with Gasteiger partial charge in [0.15, 0.2) is 0 Å². The summed E-state index contributed by atoms with van der Waals surface area (Å²) in [6.07, 6.45) is 3.89. The number of anilines is 1. The van der Waals surface area contributed by atoms with Gasteiger partial charge >= 0.3 is 0 Å². The molecule has 0 saturated heterocycles. The number of benzene rings is 2. The number of nitrogens with zero attached hydrogens (tertiary/aromatic N) is 2. The van der Waals surface area contributed by atoms with E-state index >= 15 is 0 Å². The highest BCUT2D eigenvalue weighted by molar-refractivity contribution is 7.89. The van der Waals surface area contributed by atoms with Gasteiger partial charge in [-0.2, -0.15) is 0 Å². The molecule has 1 aliphatic heterocycles. The topological polar surface area (TPSA) is 79.4 Å². The van der Waals surface area contributed by atoms with Gasteiger partial charge in [0, 0.05) is 36.7 Å². The van der Waals surface area contributed by atoms with Gasteiger partial charge < -0.3 is 4.90 Å². The Kier molecular flexibility index (Phi) is 5.17. The summed E-state index contributed by atoms with van der Waals surface area (Å²) in [5, 5.41) is 0. The number of hydrogen-bond acceptors (Lipinski definition) is 4. The molecule has 0 radical (unpaired) electrons. The molecule has 0 fully saturated rings. The molecule has 0 unspecified atom stereocenters. The molecule has 1 N–H and O–H groups in total. The van der Waals surface area contributed by atoms with E-state index in [9.17, 15) is 13.2 Å². The van der Waals surface area contributed by atoms with Crippen LogP contribution in [0.3, 0.4) is 0 Å². The van der Waals surface area contributed by atoms with Crippen molar-refractivity contribution in [2.75, 3.05) is 11.4 Å². The summed E-state index contributed by atoms with van der Waals surface area (Å²) in [7, 11) is -3.66. The van der Waals surface area contributed by atoms with Gasteiger partial charge in [-0.05, 0) is 60.9 Å². The van der Waals surface area contributed by atoms with E-state index in [4.69, 9.17) is 0 Å². The molecule has 1 amide bonds. The first-order valence-corrected chi connectivity index (χ1v) is 10.8. The lowest BCUT2D eigenvalue weighted by Crippen LogP contribution is -2.28. The first-order valence-electron chi connectivity index (χ1n) is 9.34. The quantitative estimate of drug-likeness (QED) is 0.705. The van der Waals surface area contributed by atoms with Gasteiger partial charge in [-0.25, -0.2) is 13.1 Å². The minimum atomic E-state index is -3.66. The summed E-state index contributed by atoms with van der Waals surface area (Å²) in [4.78, 5) is 18.7. The number of fused-ring (bicyclic) bond motifs is 1. The molecule has 2 heterocycles. The zero-order valence-corrected chi connectivity index (χ0v) is 16.8. The Morgan fingerprint density at radius 2 is 1.93 bits per heavy atom. The number of hydrogen-bond donors (Lipinski definition) is 1. The molecule has 4 rings (SSSR count). The second kappa shape index (κ2) is 7.77. The highest BCUT2D eigenvalue weighted by Gasteiger charge is 2.27. The van der Waals surface area contributed by atoms with Crippen molar-refractivity contribution in [2.24, 2.45) is 0 Å². The Balaban J connectivity index is 1.53. The molecular weight excluding hydrogens is 386 g/mol. The lowest BCUT2D eigenvalue weighted by atomic mass is 10.1. The third-order valence-corrected chi connectivity index (χ3v) is 6.39. The summed E-state index contributed by atoms with van der Waals surface area (Å²) in [6.45, 7) is 2.68. The van der Waals surface area contributed by atoms with Gasteiger partial charge in [-0.15, -0.1) is 0 Å². The molecule has 1 aromatic heterocycles. The summed E-state index contributed by atoms with van der Waals surface area (Å²) in [6, 6.07) is 15.9. The van der Waals surface area contributed by atoms with Crippen LogP contribution >= 0.6 is 0 Å². The van der Waals surface area contributed by atoms with E-state index in [1.807, 2.05) is 37.3 Å². The maximum Gasteiger partial charge on any atom is 0.258 e. The van der Waals surface area contributed by atoms with E-state index in [0.29, 0.717) is 18.5 Å². The highest BCUT2D eigenvalue weighted by Crippen LogP contribution is 2.31. The van der Waals surface area contributed by atoms with E-state index in [0.717, 1.165) is 22.4 Å². The average molecular weight is 407 g/mol. The van der Waals surface area contributed by atoms with Crippen molar-refractivity contribution < 1.29 is 13.2 Å². The second-order valence-electron chi connectivity index (χ2n) is 7.05. The Morgan fingerprint density at radius 1 is 1.14 bits per heavy atom. The number of amides is 1. The van der Waals surface area contributed by atoms with Crippen molar-refractivity contribution in [1.29, 1.82) is 0 Å². The van der Waals surface area contributed by atoms with Gasteiger partial charge in [0.25, 0.3) is 5.91 Å². The van der Waals surface area contributed by atoms with E-state index in [1.165, 1.54) is 0 Å². The molecule has 148 valence electrons. The molecule has 0 bridgehead atoms. The smallest absolute Gasteiger partial charge is 0.258 e. The van der Waals surface area contributed by atoms with Crippen LogP contribution < -0.4 is 9.62 Å². The van der Waals surface area contributed by atoms with Crippen molar-refractivity contribution in [3.8, 4) is 0 Å². The number of pyridine rings is 1. The predicted molar refractivity (Wildman–Crippen MR) is 111 cm³/mol. The SMILES string of the molecule is Cc1ccc(C(=O)N2CCc3cc(S(=O)(=O)NCc4cccnc4)ccc32)cc1. The zero-order valence-electron chi connectivity index (χ0n) is 16.0. The van der Waals surface area contributed by atoms with Crippen molar-refractivity contribution >= 4 is 21.6 Å². The number of aryl methyl sites for hydroxylation is 1. The lowest BCUT2D eigenvalue weighted by molar-refractivity contribution is 0.0989. The van der Waals surface area contributed by atoms with Gasteiger partial charge in [0.1, 0.15) is 0 Å². The Bertz CT molecular complexity index is 1140. The van der Waals surface area contributed by atoms with E-state index in [2.05, 4.69) is 9.71 Å². The van der Waals surface area contributed by atoms with Crippen LogP contribution in [0.15, 0.2) is 71.9 Å². The molecule has 0 aliphatic carbocycles. The summed E-state index contributed by atoms with van der Waals surface area (Å²) in [5.74, 6) is -0.0749. The first kappa shape index (κ1) is 19.3. The average Bonchev–Trinajstić information content (AvgIpc) is 3.16. The third-order valence-electron chi connectivity index (χ3n) is 4.99. The van der Waals surface area contributed by atoms with Crippen LogP contribution in [-0.2, 0) is 23.0 Å². The largest absolute Gasteiger partial charge is 0.308 e. The fraction of sp³-hybridized carbons (Fsp3) is 0.182. The van der Waals surface area contributed by atoms with Crippen LogP contribution in [0.2, 0.25) is 0 Å². The summed E-state index contributed by atoms with van der Waals surface area (Å²) < 4.78 is 27.9. The number of nitrogens with one attached hydrogen (secondary N) is 1. The molecule has 3 aromatic rings. The number of aromatic nitrogens is 1. The van der Waals surface area contributed by atoms with Crippen molar-refractivity contribution in [2.45, 2.75) is 24.8 Å². The number of sulfonamides is 1. The predicted octanol–water partition coefficient (Wildman–Crippen LogP) is 3.07. The standard InChI is InChI=1S/C22H21N3O3S/c1-16-4-6-18(7-5-16)22(26)25-12-10-19-13-20(8-9-21(19)25)29(27,28)24-15-17-3-2-11-23-14-17/h2-9,11,13-14,24H,10,12,15H2,1H3. The molecule has 2 aromatic carbocycles. The van der Waals surface area contributed by atoms with Gasteiger partial charge in [-0.1, -0.05) is 23.8 Å². The van der Waals surface area contributed by atoms with Gasteiger partial charge in [0.05, 0.1) is 4.90 Å². The minimum absolute atomic E-state index is 0.0749. The summed E-state index contributed by atoms with van der Waals surface area (Å²) >= 11 is 0. The van der Waals surface area contributed by atoms with Gasteiger partial charge in [0.2, 0.25) is 10.0 Å². The first-order chi connectivity index (χ1) is 13.9. The highest BCUT2D eigenvalue weighted by atomic mass is 32.2. The molecule has 0 saturated carbocycles. The number of carbonyl (C=O) groups is 1. The molecule has 29 heavy (non-hydrogen) atoms. The fourth-order valence-electron chi connectivity index (χ4n) is 3.37. The molecule has 6 nitrogen and oxygen atoms in total. The van der Waals surface area contributed by atoms with Crippen LogP contribution in [0.4, 0.5) is 5.69 Å². The van der Waals surface area contributed by atoms with Crippen LogP contribution in [0.25, 0.3) is 0 Å². The second-order valence-corrected chi connectivity index (χ2v) is 8.82. The van der Waals surface area contributed by atoms with Crippen LogP contribution in [0, 0.1) is 6.92 Å². The minimum Gasteiger partial charge on any atom is -0.308 e. The van der Waals surface area contributed by atoms with Crippen molar-refractivity contribution in [1.82, 2.24) is 9.71 Å². The number of rotatable bonds is 5. The van der Waals surface area contributed by atoms with Crippen molar-refractivity contribution in [3.05, 3.63) is 89.2 Å². The zero-order chi connectivity index (χ0) is 20.4. The third kappa shape index (κ3) is 4.06. The molecular formula is C22H21N3O3S.